The van der Waals surface area contributed by atoms with Crippen molar-refractivity contribution in [2.45, 2.75) is 46.1 Å². The van der Waals surface area contributed by atoms with Crippen molar-refractivity contribution in [3.63, 3.8) is 0 Å². The van der Waals surface area contributed by atoms with Crippen LogP contribution in [0.3, 0.4) is 0 Å². The molecule has 0 spiro atoms. The largest absolute Gasteiger partial charge is 0.367 e. The number of epoxide rings is 1. The summed E-state index contributed by atoms with van der Waals surface area (Å²) in [5.41, 5.74) is 2.07. The molecule has 1 saturated heterocycles. The van der Waals surface area contributed by atoms with E-state index in [9.17, 15) is 0 Å². The van der Waals surface area contributed by atoms with Gasteiger partial charge in [-0.1, -0.05) is 20.8 Å². The summed E-state index contributed by atoms with van der Waals surface area (Å²) in [6.45, 7) is 8.07. The number of thiophene rings is 1. The third-order valence-corrected chi connectivity index (χ3v) is 5.31. The van der Waals surface area contributed by atoms with Crippen LogP contribution in [0.1, 0.15) is 48.6 Å². The summed E-state index contributed by atoms with van der Waals surface area (Å²) in [5, 5.41) is 0. The highest BCUT2D eigenvalue weighted by Gasteiger charge is 2.33. The summed E-state index contributed by atoms with van der Waals surface area (Å²) in [7, 11) is 0. The zero-order valence-electron chi connectivity index (χ0n) is 10.4. The highest BCUT2D eigenvalue weighted by atomic mass is 32.1. The normalized spacial score (nSPS) is 28.9. The molecule has 0 N–H and O–H groups in total. The van der Waals surface area contributed by atoms with Gasteiger partial charge in [-0.25, -0.2) is 0 Å². The minimum atomic E-state index is 0.448. The van der Waals surface area contributed by atoms with E-state index in [0.717, 1.165) is 12.5 Å². The predicted molar refractivity (Wildman–Crippen MR) is 68.0 cm³/mol. The number of ether oxygens (including phenoxy) is 1. The first-order valence-corrected chi connectivity index (χ1v) is 7.09. The molecule has 3 rings (SSSR count). The predicted octanol–water partition coefficient (Wildman–Crippen LogP) is 3.97. The fourth-order valence-corrected chi connectivity index (χ4v) is 3.90. The Balaban J connectivity index is 1.82. The third-order valence-electron chi connectivity index (χ3n) is 3.98. The molecule has 1 fully saturated rings. The van der Waals surface area contributed by atoms with Gasteiger partial charge >= 0.3 is 0 Å². The lowest BCUT2D eigenvalue weighted by atomic mass is 9.72. The lowest BCUT2D eigenvalue weighted by Crippen LogP contribution is -2.26. The van der Waals surface area contributed by atoms with E-state index >= 15 is 0 Å². The SMILES string of the molecule is CC(C)(C)C1CCc2sc([C@H]3CO3)cc2C1. The van der Waals surface area contributed by atoms with Gasteiger partial charge in [0.2, 0.25) is 0 Å². The Kier molecular flexibility index (Phi) is 2.41. The molecule has 1 aliphatic carbocycles. The summed E-state index contributed by atoms with van der Waals surface area (Å²) >= 11 is 1.99. The van der Waals surface area contributed by atoms with Gasteiger partial charge in [0.1, 0.15) is 6.10 Å². The van der Waals surface area contributed by atoms with Crippen molar-refractivity contribution < 1.29 is 4.74 Å². The topological polar surface area (TPSA) is 12.5 Å². The van der Waals surface area contributed by atoms with Crippen molar-refractivity contribution in [3.05, 3.63) is 21.4 Å². The Hall–Kier alpha value is -0.340. The molecule has 0 radical (unpaired) electrons. The number of hydrogen-bond donors (Lipinski definition) is 0. The first-order chi connectivity index (χ1) is 7.54. The van der Waals surface area contributed by atoms with E-state index in [1.807, 2.05) is 11.3 Å². The average molecular weight is 236 g/mol. The Morgan fingerprint density at radius 1 is 1.38 bits per heavy atom. The van der Waals surface area contributed by atoms with E-state index in [2.05, 4.69) is 26.8 Å². The Morgan fingerprint density at radius 2 is 2.12 bits per heavy atom. The maximum Gasteiger partial charge on any atom is 0.115 e. The van der Waals surface area contributed by atoms with Crippen LogP contribution >= 0.6 is 11.3 Å². The minimum absolute atomic E-state index is 0.448. The second kappa shape index (κ2) is 3.58. The smallest absolute Gasteiger partial charge is 0.115 e. The Morgan fingerprint density at radius 3 is 2.75 bits per heavy atom. The van der Waals surface area contributed by atoms with Gasteiger partial charge in [-0.3, -0.25) is 0 Å². The molecule has 2 heteroatoms. The standard InChI is InChI=1S/C14H20OS/c1-14(2,3)10-4-5-12-9(6-10)7-13(16-12)11-8-15-11/h7,10-11H,4-6,8H2,1-3H3/t10?,11-/m1/s1. The molecule has 0 amide bonds. The summed E-state index contributed by atoms with van der Waals surface area (Å²) in [6.07, 6.45) is 4.38. The van der Waals surface area contributed by atoms with Gasteiger partial charge in [0, 0.05) is 9.75 Å². The lowest BCUT2D eigenvalue weighted by Gasteiger charge is -2.33. The van der Waals surface area contributed by atoms with Crippen LogP contribution in [0.25, 0.3) is 0 Å². The molecule has 1 aliphatic heterocycles. The van der Waals surface area contributed by atoms with Gasteiger partial charge in [-0.05, 0) is 42.2 Å². The van der Waals surface area contributed by atoms with Gasteiger partial charge in [-0.2, -0.15) is 0 Å². The van der Waals surface area contributed by atoms with Crippen LogP contribution in [0, 0.1) is 11.3 Å². The first kappa shape index (κ1) is 10.8. The summed E-state index contributed by atoms with van der Waals surface area (Å²) in [4.78, 5) is 3.10. The molecule has 1 unspecified atom stereocenters. The molecule has 2 aliphatic rings. The molecule has 0 aromatic carbocycles. The van der Waals surface area contributed by atoms with Gasteiger partial charge in [0.05, 0.1) is 6.61 Å². The number of aryl methyl sites for hydroxylation is 1. The van der Waals surface area contributed by atoms with Crippen molar-refractivity contribution in [2.24, 2.45) is 11.3 Å². The van der Waals surface area contributed by atoms with Gasteiger partial charge in [0.15, 0.2) is 0 Å². The summed E-state index contributed by atoms with van der Waals surface area (Å²) in [5.74, 6) is 0.850. The zero-order chi connectivity index (χ0) is 11.3. The molecular formula is C14H20OS. The molecule has 1 nitrogen and oxygen atoms in total. The van der Waals surface area contributed by atoms with Gasteiger partial charge in [0.25, 0.3) is 0 Å². The second-order valence-electron chi connectivity index (χ2n) is 6.22. The summed E-state index contributed by atoms with van der Waals surface area (Å²) < 4.78 is 5.38. The average Bonchev–Trinajstić information content (AvgIpc) is 2.96. The third kappa shape index (κ3) is 1.93. The molecular weight excluding hydrogens is 216 g/mol. The van der Waals surface area contributed by atoms with Crippen LogP contribution in [0.2, 0.25) is 0 Å². The van der Waals surface area contributed by atoms with Crippen molar-refractivity contribution >= 4 is 11.3 Å². The molecule has 0 bridgehead atoms. The van der Waals surface area contributed by atoms with Crippen LogP contribution < -0.4 is 0 Å². The van der Waals surface area contributed by atoms with Gasteiger partial charge < -0.3 is 4.74 Å². The maximum absolute atomic E-state index is 5.38. The van der Waals surface area contributed by atoms with E-state index < -0.39 is 0 Å². The number of hydrogen-bond acceptors (Lipinski definition) is 2. The Bertz CT molecular complexity index is 395. The van der Waals surface area contributed by atoms with E-state index in [-0.39, 0.29) is 0 Å². The monoisotopic (exact) mass is 236 g/mol. The van der Waals surface area contributed by atoms with Crippen LogP contribution in [0.4, 0.5) is 0 Å². The zero-order valence-corrected chi connectivity index (χ0v) is 11.2. The molecule has 2 atom stereocenters. The minimum Gasteiger partial charge on any atom is -0.367 e. The van der Waals surface area contributed by atoms with Crippen LogP contribution in [0.5, 0.6) is 0 Å². The molecule has 2 heterocycles. The van der Waals surface area contributed by atoms with Crippen LogP contribution in [0.15, 0.2) is 6.07 Å². The second-order valence-corrected chi connectivity index (χ2v) is 7.39. The molecule has 1 aromatic heterocycles. The quantitative estimate of drug-likeness (QED) is 0.672. The van der Waals surface area contributed by atoms with Crippen LogP contribution in [-0.4, -0.2) is 6.61 Å². The summed E-state index contributed by atoms with van der Waals surface area (Å²) in [6, 6.07) is 2.41. The Labute approximate surface area is 102 Å². The fraction of sp³-hybridized carbons (Fsp3) is 0.714. The van der Waals surface area contributed by atoms with E-state index in [4.69, 9.17) is 4.74 Å². The van der Waals surface area contributed by atoms with Crippen molar-refractivity contribution in [1.82, 2.24) is 0 Å². The van der Waals surface area contributed by atoms with Crippen molar-refractivity contribution in [3.8, 4) is 0 Å². The molecule has 16 heavy (non-hydrogen) atoms. The van der Waals surface area contributed by atoms with Crippen LogP contribution in [-0.2, 0) is 17.6 Å². The fourth-order valence-electron chi connectivity index (χ4n) is 2.66. The molecule has 0 saturated carbocycles. The highest BCUT2D eigenvalue weighted by molar-refractivity contribution is 7.12. The van der Waals surface area contributed by atoms with E-state index in [1.165, 1.54) is 24.1 Å². The maximum atomic E-state index is 5.38. The van der Waals surface area contributed by atoms with Gasteiger partial charge in [-0.15, -0.1) is 11.3 Å². The molecule has 1 aromatic rings. The lowest BCUT2D eigenvalue weighted by molar-refractivity contribution is 0.217. The number of fused-ring (bicyclic) bond motifs is 1. The number of rotatable bonds is 1. The highest BCUT2D eigenvalue weighted by Crippen LogP contribution is 2.43. The molecule has 88 valence electrons. The van der Waals surface area contributed by atoms with Crippen molar-refractivity contribution in [2.75, 3.05) is 6.61 Å². The van der Waals surface area contributed by atoms with E-state index in [0.29, 0.717) is 11.5 Å². The van der Waals surface area contributed by atoms with E-state index in [1.54, 1.807) is 10.4 Å². The first-order valence-electron chi connectivity index (χ1n) is 6.27. The van der Waals surface area contributed by atoms with Crippen molar-refractivity contribution in [1.29, 1.82) is 0 Å².